The van der Waals surface area contributed by atoms with Gasteiger partial charge in [0.25, 0.3) is 0 Å². The van der Waals surface area contributed by atoms with E-state index in [-0.39, 0.29) is 0 Å². The van der Waals surface area contributed by atoms with Crippen LogP contribution in [0.2, 0.25) is 0 Å². The van der Waals surface area contributed by atoms with Crippen molar-refractivity contribution in [1.29, 1.82) is 0 Å². The number of methoxy groups -OCH3 is 1. The molecule has 100 valence electrons. The van der Waals surface area contributed by atoms with E-state index in [1.165, 1.54) is 25.3 Å². The summed E-state index contributed by atoms with van der Waals surface area (Å²) in [7, 11) is 1.38. The number of alkyl halides is 3. The van der Waals surface area contributed by atoms with Gasteiger partial charge in [-0.2, -0.15) is 13.2 Å². The maximum atomic E-state index is 11.9. The van der Waals surface area contributed by atoms with E-state index in [4.69, 9.17) is 10.5 Å². The molecule has 0 spiro atoms. The molecule has 0 heterocycles. The second kappa shape index (κ2) is 5.61. The summed E-state index contributed by atoms with van der Waals surface area (Å²) >= 11 is 0. The lowest BCUT2D eigenvalue weighted by Crippen LogP contribution is -2.17. The van der Waals surface area contributed by atoms with E-state index in [0.717, 1.165) is 0 Å². The molecule has 1 rings (SSSR count). The summed E-state index contributed by atoms with van der Waals surface area (Å²) in [5, 5.41) is 2.34. The minimum absolute atomic E-state index is 0.291. The lowest BCUT2D eigenvalue weighted by atomic mass is 10.2. The van der Waals surface area contributed by atoms with E-state index in [1.807, 2.05) is 0 Å². The van der Waals surface area contributed by atoms with Crippen molar-refractivity contribution in [3.8, 4) is 5.75 Å². The predicted molar refractivity (Wildman–Crippen MR) is 61.3 cm³/mol. The topological polar surface area (TPSA) is 64.3 Å². The molecule has 0 radical (unpaired) electrons. The van der Waals surface area contributed by atoms with Crippen LogP contribution in [0.5, 0.6) is 5.75 Å². The molecule has 1 aromatic rings. The van der Waals surface area contributed by atoms with Crippen LogP contribution in [0.4, 0.5) is 24.5 Å². The molecule has 0 saturated heterocycles. The Labute approximate surface area is 102 Å². The number of carbonyl (C=O) groups excluding carboxylic acids is 1. The van der Waals surface area contributed by atoms with Crippen molar-refractivity contribution in [2.75, 3.05) is 18.2 Å². The molecule has 0 aliphatic heterocycles. The van der Waals surface area contributed by atoms with Gasteiger partial charge in [0.05, 0.1) is 19.2 Å². The third-order valence-corrected chi connectivity index (χ3v) is 2.14. The van der Waals surface area contributed by atoms with Crippen molar-refractivity contribution < 1.29 is 22.7 Å². The average Bonchev–Trinajstić information content (AvgIpc) is 2.28. The van der Waals surface area contributed by atoms with Crippen molar-refractivity contribution in [3.05, 3.63) is 18.2 Å². The number of nitrogens with one attached hydrogen (secondary N) is 1. The van der Waals surface area contributed by atoms with Crippen LogP contribution in [0.15, 0.2) is 18.2 Å². The van der Waals surface area contributed by atoms with Gasteiger partial charge in [0.2, 0.25) is 5.91 Å². The first kappa shape index (κ1) is 14.1. The van der Waals surface area contributed by atoms with Crippen molar-refractivity contribution in [2.45, 2.75) is 19.0 Å². The predicted octanol–water partition coefficient (Wildman–Crippen LogP) is 2.56. The molecule has 7 heteroatoms. The Morgan fingerprint density at radius 2 is 2.11 bits per heavy atom. The third-order valence-electron chi connectivity index (χ3n) is 2.14. The molecule has 0 bridgehead atoms. The Balaban J connectivity index is 2.64. The number of amides is 1. The number of halogens is 3. The Hall–Kier alpha value is -1.92. The van der Waals surface area contributed by atoms with Crippen LogP contribution in [0.25, 0.3) is 0 Å². The maximum Gasteiger partial charge on any atom is 0.389 e. The molecule has 3 N–H and O–H groups in total. The molecule has 0 unspecified atom stereocenters. The van der Waals surface area contributed by atoms with Crippen molar-refractivity contribution in [3.63, 3.8) is 0 Å². The van der Waals surface area contributed by atoms with Crippen LogP contribution in [-0.4, -0.2) is 19.2 Å². The molecule has 1 aromatic carbocycles. The number of nitrogens with two attached hydrogens (primary N) is 1. The first-order chi connectivity index (χ1) is 8.31. The SMILES string of the molecule is COc1cc(N)ccc1NC(=O)CCC(F)(F)F. The zero-order chi connectivity index (χ0) is 13.8. The zero-order valence-electron chi connectivity index (χ0n) is 9.67. The molecule has 0 atom stereocenters. The summed E-state index contributed by atoms with van der Waals surface area (Å²) in [5.74, 6) is -0.425. The van der Waals surface area contributed by atoms with Crippen molar-refractivity contribution in [2.24, 2.45) is 0 Å². The van der Waals surface area contributed by atoms with Crippen molar-refractivity contribution >= 4 is 17.3 Å². The fourth-order valence-electron chi connectivity index (χ4n) is 1.28. The van der Waals surface area contributed by atoms with Gasteiger partial charge >= 0.3 is 6.18 Å². The summed E-state index contributed by atoms with van der Waals surface area (Å²) in [5.41, 5.74) is 6.23. The zero-order valence-corrected chi connectivity index (χ0v) is 9.67. The molecule has 0 aliphatic carbocycles. The number of hydrogen-bond acceptors (Lipinski definition) is 3. The van der Waals surface area contributed by atoms with Crippen molar-refractivity contribution in [1.82, 2.24) is 0 Å². The number of nitrogen functional groups attached to an aromatic ring is 1. The first-order valence-electron chi connectivity index (χ1n) is 5.12. The largest absolute Gasteiger partial charge is 0.494 e. The molecule has 1 amide bonds. The monoisotopic (exact) mass is 262 g/mol. The number of ether oxygens (including phenoxy) is 1. The maximum absolute atomic E-state index is 11.9. The number of benzene rings is 1. The molecule has 4 nitrogen and oxygen atoms in total. The molecule has 0 saturated carbocycles. The highest BCUT2D eigenvalue weighted by molar-refractivity contribution is 5.92. The van der Waals surface area contributed by atoms with Crippen LogP contribution < -0.4 is 15.8 Å². The minimum atomic E-state index is -4.34. The summed E-state index contributed by atoms with van der Waals surface area (Å²) < 4.78 is 40.8. The van der Waals surface area contributed by atoms with Gasteiger partial charge in [-0.3, -0.25) is 4.79 Å². The van der Waals surface area contributed by atoms with Gasteiger partial charge < -0.3 is 15.8 Å². The quantitative estimate of drug-likeness (QED) is 0.819. The Morgan fingerprint density at radius 3 is 2.67 bits per heavy atom. The summed E-state index contributed by atoms with van der Waals surface area (Å²) in [6.07, 6.45) is -6.13. The number of carbonyl (C=O) groups is 1. The molecule has 0 fully saturated rings. The lowest BCUT2D eigenvalue weighted by Gasteiger charge is -2.11. The lowest BCUT2D eigenvalue weighted by molar-refractivity contribution is -0.142. The fourth-order valence-corrected chi connectivity index (χ4v) is 1.28. The Bertz CT molecular complexity index is 433. The highest BCUT2D eigenvalue weighted by Crippen LogP contribution is 2.27. The normalized spacial score (nSPS) is 11.1. The minimum Gasteiger partial charge on any atom is -0.494 e. The smallest absolute Gasteiger partial charge is 0.389 e. The van der Waals surface area contributed by atoms with Gasteiger partial charge in [-0.05, 0) is 12.1 Å². The van der Waals surface area contributed by atoms with Crippen LogP contribution in [0.3, 0.4) is 0 Å². The molecule has 0 aromatic heterocycles. The second-order valence-electron chi connectivity index (χ2n) is 3.62. The average molecular weight is 262 g/mol. The van der Waals surface area contributed by atoms with E-state index >= 15 is 0 Å². The van der Waals surface area contributed by atoms with E-state index in [0.29, 0.717) is 17.1 Å². The van der Waals surface area contributed by atoms with E-state index in [9.17, 15) is 18.0 Å². The van der Waals surface area contributed by atoms with Gasteiger partial charge in [-0.1, -0.05) is 0 Å². The highest BCUT2D eigenvalue weighted by Gasteiger charge is 2.28. The number of anilines is 2. The van der Waals surface area contributed by atoms with Gasteiger partial charge in [0.15, 0.2) is 0 Å². The van der Waals surface area contributed by atoms with Gasteiger partial charge in [0, 0.05) is 18.2 Å². The van der Waals surface area contributed by atoms with Gasteiger partial charge in [-0.25, -0.2) is 0 Å². The number of hydrogen-bond donors (Lipinski definition) is 2. The first-order valence-corrected chi connectivity index (χ1v) is 5.12. The van der Waals surface area contributed by atoms with Gasteiger partial charge in [-0.15, -0.1) is 0 Å². The Morgan fingerprint density at radius 1 is 1.44 bits per heavy atom. The summed E-state index contributed by atoms with van der Waals surface area (Å²) in [6.45, 7) is 0. The standard InChI is InChI=1S/C11H13F3N2O2/c1-18-9-6-7(15)2-3-8(9)16-10(17)4-5-11(12,13)14/h2-3,6H,4-5,15H2,1H3,(H,16,17). The highest BCUT2D eigenvalue weighted by atomic mass is 19.4. The Kier molecular flexibility index (Phi) is 4.41. The molecular weight excluding hydrogens is 249 g/mol. The van der Waals surface area contributed by atoms with Crippen LogP contribution >= 0.6 is 0 Å². The summed E-state index contributed by atoms with van der Waals surface area (Å²) in [6, 6.07) is 4.46. The van der Waals surface area contributed by atoms with Gasteiger partial charge in [0.1, 0.15) is 5.75 Å². The molecular formula is C11H13F3N2O2. The van der Waals surface area contributed by atoms with E-state index in [1.54, 1.807) is 0 Å². The third kappa shape index (κ3) is 4.52. The van der Waals surface area contributed by atoms with Crippen LogP contribution in [0, 0.1) is 0 Å². The second-order valence-corrected chi connectivity index (χ2v) is 3.62. The van der Waals surface area contributed by atoms with Crippen LogP contribution in [-0.2, 0) is 4.79 Å². The van der Waals surface area contributed by atoms with Crippen LogP contribution in [0.1, 0.15) is 12.8 Å². The van der Waals surface area contributed by atoms with E-state index in [2.05, 4.69) is 5.32 Å². The summed E-state index contributed by atoms with van der Waals surface area (Å²) in [4.78, 5) is 11.3. The number of rotatable bonds is 4. The van der Waals surface area contributed by atoms with E-state index < -0.39 is 24.9 Å². The molecule has 18 heavy (non-hydrogen) atoms. The molecule has 0 aliphatic rings. The fraction of sp³-hybridized carbons (Fsp3) is 0.364.